The third-order valence-corrected chi connectivity index (χ3v) is 5.55. The summed E-state index contributed by atoms with van der Waals surface area (Å²) in [5.41, 5.74) is 0. The van der Waals surface area contributed by atoms with Crippen molar-refractivity contribution in [1.29, 1.82) is 0 Å². The number of ether oxygens (including phenoxy) is 1. The highest BCUT2D eigenvalue weighted by Gasteiger charge is 2.28. The smallest absolute Gasteiger partial charge is 0.155 e. The molecule has 5 heteroatoms. The second-order valence-corrected chi connectivity index (χ2v) is 7.43. The molecule has 3 atom stereocenters. The van der Waals surface area contributed by atoms with E-state index in [1.54, 1.807) is 6.92 Å². The van der Waals surface area contributed by atoms with Crippen LogP contribution in [0.15, 0.2) is 0 Å². The maximum Gasteiger partial charge on any atom is 0.155 e. The van der Waals surface area contributed by atoms with E-state index >= 15 is 0 Å². The Hall–Kier alpha value is -0.130. The third-order valence-electron chi connectivity index (χ3n) is 3.29. The second kappa shape index (κ2) is 6.71. The van der Waals surface area contributed by atoms with E-state index in [0.29, 0.717) is 13.0 Å². The molecule has 4 nitrogen and oxygen atoms in total. The molecule has 1 aliphatic rings. The first-order valence-corrected chi connectivity index (χ1v) is 8.23. The number of hydrogen-bond donors (Lipinski definition) is 1. The van der Waals surface area contributed by atoms with Crippen molar-refractivity contribution in [2.45, 2.75) is 57.4 Å². The largest absolute Gasteiger partial charge is 0.377 e. The molecule has 1 N–H and O–H groups in total. The Bertz CT molecular complexity index is 310. The van der Waals surface area contributed by atoms with Gasteiger partial charge in [-0.05, 0) is 39.7 Å². The summed E-state index contributed by atoms with van der Waals surface area (Å²) < 4.78 is 29.6. The fraction of sp³-hybridized carbons (Fsp3) is 1.00. The van der Waals surface area contributed by atoms with E-state index < -0.39 is 9.84 Å². The molecule has 0 radical (unpaired) electrons. The second-order valence-electron chi connectivity index (χ2n) is 4.97. The van der Waals surface area contributed by atoms with Crippen molar-refractivity contribution in [1.82, 2.24) is 5.32 Å². The van der Waals surface area contributed by atoms with Gasteiger partial charge in [-0.15, -0.1) is 0 Å². The van der Waals surface area contributed by atoms with E-state index in [4.69, 9.17) is 4.74 Å². The summed E-state index contributed by atoms with van der Waals surface area (Å²) in [6, 6.07) is 0.245. The Morgan fingerprint density at radius 2 is 2.12 bits per heavy atom. The monoisotopic (exact) mass is 263 g/mol. The number of nitrogens with one attached hydrogen (secondary N) is 1. The molecule has 0 amide bonds. The van der Waals surface area contributed by atoms with Gasteiger partial charge in [0, 0.05) is 12.6 Å². The SMILES string of the molecule is CCNC(C)CC(C)S(=O)(=O)CC1CCCO1. The van der Waals surface area contributed by atoms with Crippen LogP contribution in [0.3, 0.4) is 0 Å². The van der Waals surface area contributed by atoms with E-state index in [1.807, 2.05) is 13.8 Å². The van der Waals surface area contributed by atoms with Crippen molar-refractivity contribution >= 4 is 9.84 Å². The quantitative estimate of drug-likeness (QED) is 0.753. The molecule has 0 aliphatic carbocycles. The average molecular weight is 263 g/mol. The predicted molar refractivity (Wildman–Crippen MR) is 70.0 cm³/mol. The minimum absolute atomic E-state index is 0.0723. The molecular formula is C12H25NO3S. The minimum Gasteiger partial charge on any atom is -0.377 e. The number of sulfone groups is 1. The zero-order valence-electron chi connectivity index (χ0n) is 11.1. The molecule has 0 saturated carbocycles. The van der Waals surface area contributed by atoms with Crippen molar-refractivity contribution in [2.24, 2.45) is 0 Å². The maximum atomic E-state index is 12.1. The lowest BCUT2D eigenvalue weighted by atomic mass is 10.2. The average Bonchev–Trinajstić information content (AvgIpc) is 2.69. The third kappa shape index (κ3) is 4.94. The first kappa shape index (κ1) is 14.9. The van der Waals surface area contributed by atoms with Gasteiger partial charge in [0.15, 0.2) is 9.84 Å². The van der Waals surface area contributed by atoms with Gasteiger partial charge in [0.2, 0.25) is 0 Å². The van der Waals surface area contributed by atoms with Crippen molar-refractivity contribution < 1.29 is 13.2 Å². The molecule has 3 unspecified atom stereocenters. The van der Waals surface area contributed by atoms with Gasteiger partial charge in [0.1, 0.15) is 0 Å². The molecule has 1 heterocycles. The van der Waals surface area contributed by atoms with E-state index in [2.05, 4.69) is 5.32 Å². The zero-order valence-corrected chi connectivity index (χ0v) is 11.9. The van der Waals surface area contributed by atoms with Crippen LogP contribution in [0.25, 0.3) is 0 Å². The van der Waals surface area contributed by atoms with Crippen LogP contribution in [-0.2, 0) is 14.6 Å². The fourth-order valence-electron chi connectivity index (χ4n) is 2.28. The highest BCUT2D eigenvalue weighted by atomic mass is 32.2. The summed E-state index contributed by atoms with van der Waals surface area (Å²) in [6.45, 7) is 7.45. The standard InChI is InChI=1S/C12H25NO3S/c1-4-13-10(2)8-11(3)17(14,15)9-12-6-5-7-16-12/h10-13H,4-9H2,1-3H3. The summed E-state index contributed by atoms with van der Waals surface area (Å²) in [7, 11) is -3.02. The van der Waals surface area contributed by atoms with Crippen LogP contribution in [0, 0.1) is 0 Å². The Kier molecular flexibility index (Phi) is 5.89. The van der Waals surface area contributed by atoms with Gasteiger partial charge in [-0.2, -0.15) is 0 Å². The Labute approximate surface area is 105 Å². The first-order chi connectivity index (χ1) is 7.95. The summed E-state index contributed by atoms with van der Waals surface area (Å²) in [5.74, 6) is 0.188. The molecule has 0 spiro atoms. The molecule has 0 aromatic rings. The highest BCUT2D eigenvalue weighted by molar-refractivity contribution is 7.92. The molecular weight excluding hydrogens is 238 g/mol. The van der Waals surface area contributed by atoms with Crippen molar-refractivity contribution in [3.05, 3.63) is 0 Å². The number of hydrogen-bond acceptors (Lipinski definition) is 4. The molecule has 0 aromatic heterocycles. The number of rotatable bonds is 7. The van der Waals surface area contributed by atoms with Gasteiger partial charge in [0.05, 0.1) is 17.1 Å². The predicted octanol–water partition coefficient (Wildman–Crippen LogP) is 1.36. The van der Waals surface area contributed by atoms with Crippen molar-refractivity contribution in [3.63, 3.8) is 0 Å². The zero-order chi connectivity index (χ0) is 12.9. The van der Waals surface area contributed by atoms with Gasteiger partial charge >= 0.3 is 0 Å². The Balaban J connectivity index is 2.44. The summed E-state index contributed by atoms with van der Waals surface area (Å²) in [4.78, 5) is 0. The van der Waals surface area contributed by atoms with Crippen LogP contribution in [-0.4, -0.2) is 44.7 Å². The molecule has 1 rings (SSSR count). The fourth-order valence-corrected chi connectivity index (χ4v) is 3.97. The molecule has 102 valence electrons. The van der Waals surface area contributed by atoms with Crippen LogP contribution in [0.2, 0.25) is 0 Å². The Morgan fingerprint density at radius 1 is 1.41 bits per heavy atom. The van der Waals surface area contributed by atoms with Gasteiger partial charge in [0.25, 0.3) is 0 Å². The summed E-state index contributed by atoms with van der Waals surface area (Å²) in [6.07, 6.45) is 2.47. The maximum absolute atomic E-state index is 12.1. The van der Waals surface area contributed by atoms with E-state index in [1.165, 1.54) is 0 Å². The summed E-state index contributed by atoms with van der Waals surface area (Å²) in [5, 5.41) is 2.96. The molecule has 1 aliphatic heterocycles. The van der Waals surface area contributed by atoms with Gasteiger partial charge in [-0.1, -0.05) is 6.92 Å². The van der Waals surface area contributed by atoms with Gasteiger partial charge in [-0.3, -0.25) is 0 Å². The highest BCUT2D eigenvalue weighted by Crippen LogP contribution is 2.18. The molecule has 0 aromatic carbocycles. The molecule has 1 saturated heterocycles. The lowest BCUT2D eigenvalue weighted by Gasteiger charge is -2.20. The van der Waals surface area contributed by atoms with Crippen molar-refractivity contribution in [3.8, 4) is 0 Å². The van der Waals surface area contributed by atoms with Crippen LogP contribution in [0.4, 0.5) is 0 Å². The van der Waals surface area contributed by atoms with E-state index in [0.717, 1.165) is 19.4 Å². The topological polar surface area (TPSA) is 55.4 Å². The van der Waals surface area contributed by atoms with Gasteiger partial charge in [-0.25, -0.2) is 8.42 Å². The minimum atomic E-state index is -3.02. The lowest BCUT2D eigenvalue weighted by Crippen LogP contribution is -2.35. The van der Waals surface area contributed by atoms with Crippen molar-refractivity contribution in [2.75, 3.05) is 18.9 Å². The van der Waals surface area contributed by atoms with Crippen LogP contribution < -0.4 is 5.32 Å². The Morgan fingerprint density at radius 3 is 2.65 bits per heavy atom. The molecule has 17 heavy (non-hydrogen) atoms. The lowest BCUT2D eigenvalue weighted by molar-refractivity contribution is 0.127. The van der Waals surface area contributed by atoms with E-state index in [9.17, 15) is 8.42 Å². The van der Waals surface area contributed by atoms with Crippen LogP contribution in [0.5, 0.6) is 0 Å². The first-order valence-electron chi connectivity index (χ1n) is 6.52. The molecule has 1 fully saturated rings. The van der Waals surface area contributed by atoms with Crippen LogP contribution >= 0.6 is 0 Å². The van der Waals surface area contributed by atoms with E-state index in [-0.39, 0.29) is 23.1 Å². The normalized spacial score (nSPS) is 24.8. The summed E-state index contributed by atoms with van der Waals surface area (Å²) >= 11 is 0. The molecule has 0 bridgehead atoms. The van der Waals surface area contributed by atoms with Gasteiger partial charge < -0.3 is 10.1 Å². The van der Waals surface area contributed by atoms with Crippen LogP contribution in [0.1, 0.15) is 40.0 Å².